The van der Waals surface area contributed by atoms with Crippen LogP contribution in [0.2, 0.25) is 10.0 Å². The maximum absolute atomic E-state index is 12.8. The molecule has 0 fully saturated rings. The van der Waals surface area contributed by atoms with Gasteiger partial charge in [0.1, 0.15) is 0 Å². The number of hydrogen-bond donors (Lipinski definition) is 0. The van der Waals surface area contributed by atoms with Gasteiger partial charge in [-0.3, -0.25) is 4.79 Å². The van der Waals surface area contributed by atoms with Crippen LogP contribution in [0, 0.1) is 0 Å². The number of hydrogen-bond acceptors (Lipinski definition) is 5. The third-order valence-electron chi connectivity index (χ3n) is 4.25. The maximum atomic E-state index is 12.8. The van der Waals surface area contributed by atoms with Gasteiger partial charge in [-0.05, 0) is 42.0 Å². The molecule has 0 N–H and O–H groups in total. The first-order valence-corrected chi connectivity index (χ1v) is 11.3. The summed E-state index contributed by atoms with van der Waals surface area (Å²) in [6, 6.07) is 12.7. The third kappa shape index (κ3) is 5.72. The Bertz CT molecular complexity index is 1110. The molecule has 1 amide bonds. The molecule has 1 atom stereocenters. The van der Waals surface area contributed by atoms with Crippen LogP contribution in [-0.2, 0) is 24.2 Å². The fourth-order valence-electron chi connectivity index (χ4n) is 2.87. The van der Waals surface area contributed by atoms with E-state index in [0.29, 0.717) is 21.3 Å². The quantitative estimate of drug-likeness (QED) is 0.477. The molecule has 1 aliphatic rings. The van der Waals surface area contributed by atoms with Gasteiger partial charge in [0.05, 0.1) is 11.8 Å². The number of rotatable bonds is 6. The molecule has 0 saturated heterocycles. The maximum Gasteiger partial charge on any atom is 0.331 e. The highest BCUT2D eigenvalue weighted by Crippen LogP contribution is 2.23. The van der Waals surface area contributed by atoms with E-state index in [1.807, 2.05) is 0 Å². The van der Waals surface area contributed by atoms with Crippen LogP contribution in [-0.4, -0.2) is 38.7 Å². The van der Waals surface area contributed by atoms with Gasteiger partial charge in [0, 0.05) is 27.2 Å². The Labute approximate surface area is 184 Å². The number of halogens is 2. The van der Waals surface area contributed by atoms with E-state index >= 15 is 0 Å². The second-order valence-corrected chi connectivity index (χ2v) is 9.21. The van der Waals surface area contributed by atoms with E-state index in [4.69, 9.17) is 27.9 Å². The van der Waals surface area contributed by atoms with Crippen molar-refractivity contribution in [2.24, 2.45) is 0 Å². The highest BCUT2D eigenvalue weighted by molar-refractivity contribution is 7.94. The molecule has 3 rings (SSSR count). The largest absolute Gasteiger partial charge is 0.452 e. The van der Waals surface area contributed by atoms with E-state index in [0.717, 1.165) is 11.5 Å². The van der Waals surface area contributed by atoms with Crippen molar-refractivity contribution < 1.29 is 22.7 Å². The molecule has 1 unspecified atom stereocenters. The Hall–Kier alpha value is -2.61. The van der Waals surface area contributed by atoms with Crippen molar-refractivity contribution in [3.8, 4) is 0 Å². The smallest absolute Gasteiger partial charge is 0.331 e. The Morgan fingerprint density at radius 2 is 1.87 bits per heavy atom. The van der Waals surface area contributed by atoms with Crippen LogP contribution in [0.5, 0.6) is 0 Å². The molecule has 1 aliphatic heterocycles. The summed E-state index contributed by atoms with van der Waals surface area (Å²) < 4.78 is 28.6. The highest BCUT2D eigenvalue weighted by atomic mass is 35.5. The number of sulfone groups is 1. The van der Waals surface area contributed by atoms with Gasteiger partial charge >= 0.3 is 5.97 Å². The summed E-state index contributed by atoms with van der Waals surface area (Å²) in [5, 5.41) is 1.92. The number of anilines is 1. The second kappa shape index (κ2) is 9.47. The van der Waals surface area contributed by atoms with E-state index in [9.17, 15) is 18.0 Å². The lowest BCUT2D eigenvalue weighted by molar-refractivity contribution is -0.143. The van der Waals surface area contributed by atoms with Crippen molar-refractivity contribution in [3.63, 3.8) is 0 Å². The van der Waals surface area contributed by atoms with E-state index in [1.165, 1.54) is 17.1 Å². The molecule has 0 aliphatic carbocycles. The fraction of sp³-hybridized carbons (Fsp3) is 0.143. The molecule has 6 nitrogen and oxygen atoms in total. The first-order valence-electron chi connectivity index (χ1n) is 8.83. The summed E-state index contributed by atoms with van der Waals surface area (Å²) >= 11 is 11.9. The van der Waals surface area contributed by atoms with Gasteiger partial charge in [-0.1, -0.05) is 47.5 Å². The molecule has 0 radical (unpaired) electrons. The minimum atomic E-state index is -3.37. The molecule has 0 bridgehead atoms. The Kier molecular flexibility index (Phi) is 6.97. The van der Waals surface area contributed by atoms with Crippen LogP contribution < -0.4 is 4.90 Å². The zero-order valence-corrected chi connectivity index (χ0v) is 17.9. The van der Waals surface area contributed by atoms with Crippen LogP contribution in [0.4, 0.5) is 5.69 Å². The number of nitrogens with zero attached hydrogens (tertiary/aromatic N) is 1. The van der Waals surface area contributed by atoms with E-state index in [1.54, 1.807) is 48.5 Å². The van der Waals surface area contributed by atoms with Crippen molar-refractivity contribution in [1.82, 2.24) is 0 Å². The molecule has 2 aromatic rings. The van der Waals surface area contributed by atoms with Gasteiger partial charge in [0.2, 0.25) is 0 Å². The van der Waals surface area contributed by atoms with Crippen molar-refractivity contribution in [1.29, 1.82) is 0 Å². The fourth-order valence-corrected chi connectivity index (χ4v) is 4.61. The predicted octanol–water partition coefficient (Wildman–Crippen LogP) is 3.89. The summed E-state index contributed by atoms with van der Waals surface area (Å²) in [5.74, 6) is -1.51. The topological polar surface area (TPSA) is 80.8 Å². The number of para-hydroxylation sites is 1. The lowest BCUT2D eigenvalue weighted by atomic mass is 10.2. The first-order chi connectivity index (χ1) is 14.2. The predicted molar refractivity (Wildman–Crippen MR) is 117 cm³/mol. The molecule has 0 aromatic heterocycles. The van der Waals surface area contributed by atoms with E-state index < -0.39 is 34.4 Å². The van der Waals surface area contributed by atoms with Crippen LogP contribution in [0.25, 0.3) is 6.08 Å². The van der Waals surface area contributed by atoms with Gasteiger partial charge < -0.3 is 9.64 Å². The van der Waals surface area contributed by atoms with E-state index in [2.05, 4.69) is 0 Å². The molecular formula is C21H17Cl2NO5S. The Morgan fingerprint density at radius 3 is 2.50 bits per heavy atom. The highest BCUT2D eigenvalue weighted by Gasteiger charge is 2.31. The zero-order valence-electron chi connectivity index (χ0n) is 15.6. The Morgan fingerprint density at radius 1 is 1.13 bits per heavy atom. The van der Waals surface area contributed by atoms with Crippen LogP contribution in [0.1, 0.15) is 5.56 Å². The lowest BCUT2D eigenvalue weighted by Gasteiger charge is -2.27. The normalized spacial score (nSPS) is 17.2. The van der Waals surface area contributed by atoms with Gasteiger partial charge in [-0.15, -0.1) is 0 Å². The van der Waals surface area contributed by atoms with Gasteiger partial charge in [0.15, 0.2) is 16.4 Å². The lowest BCUT2D eigenvalue weighted by Crippen LogP contribution is -2.43. The van der Waals surface area contributed by atoms with Crippen molar-refractivity contribution in [2.45, 2.75) is 6.04 Å². The number of carbonyl (C=O) groups excluding carboxylic acids is 2. The zero-order chi connectivity index (χ0) is 21.7. The molecule has 0 saturated carbocycles. The summed E-state index contributed by atoms with van der Waals surface area (Å²) in [6.45, 7) is -0.545. The molecule has 2 aromatic carbocycles. The van der Waals surface area contributed by atoms with Crippen LogP contribution >= 0.6 is 23.2 Å². The number of benzene rings is 2. The minimum absolute atomic E-state index is 0.226. The third-order valence-corrected chi connectivity index (χ3v) is 6.19. The molecule has 30 heavy (non-hydrogen) atoms. The molecule has 0 spiro atoms. The summed E-state index contributed by atoms with van der Waals surface area (Å²) in [6.07, 6.45) is 4.05. The number of amides is 1. The monoisotopic (exact) mass is 465 g/mol. The average Bonchev–Trinajstić information content (AvgIpc) is 3.06. The van der Waals surface area contributed by atoms with Crippen molar-refractivity contribution in [3.05, 3.63) is 81.7 Å². The first kappa shape index (κ1) is 22.1. The molecule has 156 valence electrons. The SMILES string of the molecule is O=C(/C=C/c1ccc(Cl)cc1Cl)OCC(=O)N(c1ccccc1)C1C=CS(=O)(=O)C1. The average molecular weight is 466 g/mol. The molecule has 9 heteroatoms. The van der Waals surface area contributed by atoms with Crippen LogP contribution in [0.3, 0.4) is 0 Å². The summed E-state index contributed by atoms with van der Waals surface area (Å²) in [7, 11) is -3.37. The Balaban J connectivity index is 1.68. The van der Waals surface area contributed by atoms with E-state index in [-0.39, 0.29) is 5.75 Å². The second-order valence-electron chi connectivity index (χ2n) is 6.43. The molecular weight excluding hydrogens is 449 g/mol. The van der Waals surface area contributed by atoms with Gasteiger partial charge in [-0.25, -0.2) is 13.2 Å². The van der Waals surface area contributed by atoms with Crippen molar-refractivity contribution >= 4 is 56.7 Å². The summed E-state index contributed by atoms with van der Waals surface area (Å²) in [5.41, 5.74) is 1.07. The van der Waals surface area contributed by atoms with Crippen molar-refractivity contribution in [2.75, 3.05) is 17.3 Å². The molecule has 1 heterocycles. The van der Waals surface area contributed by atoms with Gasteiger partial charge in [0.25, 0.3) is 5.91 Å². The minimum Gasteiger partial charge on any atom is -0.452 e. The number of esters is 1. The number of carbonyl (C=O) groups is 2. The number of ether oxygens (including phenoxy) is 1. The van der Waals surface area contributed by atoms with Gasteiger partial charge in [-0.2, -0.15) is 0 Å². The standard InChI is InChI=1S/C21H17Cl2NO5S/c22-16-8-6-15(19(23)12-16)7-9-21(26)29-13-20(25)24(17-4-2-1-3-5-17)18-10-11-30(27,28)14-18/h1-12,18H,13-14H2/b9-7+. The summed E-state index contributed by atoms with van der Waals surface area (Å²) in [4.78, 5) is 26.1. The van der Waals surface area contributed by atoms with Crippen LogP contribution in [0.15, 0.2) is 66.1 Å².